The first-order valence-electron chi connectivity index (χ1n) is 6.19. The van der Waals surface area contributed by atoms with Crippen LogP contribution in [-0.2, 0) is 11.2 Å². The third-order valence-corrected chi connectivity index (χ3v) is 4.20. The van der Waals surface area contributed by atoms with Crippen molar-refractivity contribution in [2.45, 2.75) is 25.7 Å². The third kappa shape index (κ3) is 1.94. The second-order valence-corrected chi connectivity index (χ2v) is 5.46. The van der Waals surface area contributed by atoms with Crippen molar-refractivity contribution >= 4 is 5.91 Å². The Labute approximate surface area is 100 Å². The van der Waals surface area contributed by atoms with Gasteiger partial charge in [-0.15, -0.1) is 0 Å². The molecule has 17 heavy (non-hydrogen) atoms. The summed E-state index contributed by atoms with van der Waals surface area (Å²) in [5.41, 5.74) is 1.39. The van der Waals surface area contributed by atoms with E-state index in [1.54, 1.807) is 0 Å². The quantitative estimate of drug-likeness (QED) is 0.834. The molecule has 3 rings (SSSR count). The van der Waals surface area contributed by atoms with Gasteiger partial charge in [-0.2, -0.15) is 0 Å². The Bertz CT molecular complexity index is 442. The first kappa shape index (κ1) is 10.8. The van der Waals surface area contributed by atoms with Crippen LogP contribution in [0.3, 0.4) is 0 Å². The molecule has 2 nitrogen and oxygen atoms in total. The number of amides is 1. The van der Waals surface area contributed by atoms with E-state index in [0.717, 1.165) is 32.2 Å². The van der Waals surface area contributed by atoms with E-state index in [-0.39, 0.29) is 23.1 Å². The van der Waals surface area contributed by atoms with Crippen LogP contribution in [0.15, 0.2) is 24.3 Å². The Morgan fingerprint density at radius 1 is 1.35 bits per heavy atom. The first-order chi connectivity index (χ1) is 8.17. The van der Waals surface area contributed by atoms with Crippen LogP contribution in [-0.4, -0.2) is 12.5 Å². The molecule has 1 saturated carbocycles. The number of hydrogen-bond acceptors (Lipinski definition) is 1. The number of rotatable bonds is 2. The summed E-state index contributed by atoms with van der Waals surface area (Å²) in [6.45, 7) is 0.777. The summed E-state index contributed by atoms with van der Waals surface area (Å²) in [5.74, 6) is 0.244. The lowest BCUT2D eigenvalue weighted by molar-refractivity contribution is -0.127. The van der Waals surface area contributed by atoms with Gasteiger partial charge in [-0.25, -0.2) is 4.39 Å². The van der Waals surface area contributed by atoms with Crippen LogP contribution in [0.4, 0.5) is 4.39 Å². The van der Waals surface area contributed by atoms with E-state index in [2.05, 4.69) is 5.32 Å². The van der Waals surface area contributed by atoms with Crippen LogP contribution >= 0.6 is 0 Å². The first-order valence-corrected chi connectivity index (χ1v) is 6.19. The van der Waals surface area contributed by atoms with Crippen molar-refractivity contribution < 1.29 is 9.18 Å². The molecule has 2 fully saturated rings. The van der Waals surface area contributed by atoms with Crippen molar-refractivity contribution in [1.82, 2.24) is 5.32 Å². The highest BCUT2D eigenvalue weighted by Gasteiger charge is 2.45. The molecule has 1 heterocycles. The number of carbonyl (C=O) groups excluding carboxylic acids is 1. The predicted molar refractivity (Wildman–Crippen MR) is 62.9 cm³/mol. The van der Waals surface area contributed by atoms with Crippen LogP contribution in [0.25, 0.3) is 0 Å². The molecule has 2 aliphatic rings. The molecule has 1 aliphatic heterocycles. The van der Waals surface area contributed by atoms with Crippen molar-refractivity contribution in [2.75, 3.05) is 6.54 Å². The van der Waals surface area contributed by atoms with Gasteiger partial charge in [0, 0.05) is 12.5 Å². The number of nitrogens with one attached hydrogen (secondary N) is 1. The fourth-order valence-electron chi connectivity index (χ4n) is 3.27. The number of benzene rings is 1. The molecule has 0 aromatic heterocycles. The summed E-state index contributed by atoms with van der Waals surface area (Å²) >= 11 is 0. The Kier molecular flexibility index (Phi) is 2.42. The maximum Gasteiger partial charge on any atom is 0.223 e. The summed E-state index contributed by atoms with van der Waals surface area (Å²) in [5, 5.41) is 3.00. The summed E-state index contributed by atoms with van der Waals surface area (Å²) < 4.78 is 12.8. The highest BCUT2D eigenvalue weighted by molar-refractivity contribution is 5.80. The largest absolute Gasteiger partial charge is 0.355 e. The summed E-state index contributed by atoms with van der Waals surface area (Å²) in [6.07, 6.45) is 4.06. The average Bonchev–Trinajstić information content (AvgIpc) is 2.68. The fourth-order valence-corrected chi connectivity index (χ4v) is 3.27. The highest BCUT2D eigenvalue weighted by Crippen LogP contribution is 2.46. The predicted octanol–water partition coefficient (Wildman–Crippen LogP) is 2.28. The van der Waals surface area contributed by atoms with Gasteiger partial charge in [-0.05, 0) is 48.8 Å². The zero-order valence-electron chi connectivity index (χ0n) is 9.71. The van der Waals surface area contributed by atoms with Crippen LogP contribution in [0, 0.1) is 17.2 Å². The van der Waals surface area contributed by atoms with Crippen molar-refractivity contribution in [3.05, 3.63) is 35.6 Å². The molecular formula is C14H16FNO. The minimum absolute atomic E-state index is 0.188. The number of fused-ring (bicyclic) bond motifs is 2. The molecule has 90 valence electrons. The van der Waals surface area contributed by atoms with E-state index in [1.807, 2.05) is 12.1 Å². The van der Waals surface area contributed by atoms with Crippen LogP contribution in [0.1, 0.15) is 24.8 Å². The maximum absolute atomic E-state index is 12.8. The Morgan fingerprint density at radius 2 is 2.12 bits per heavy atom. The van der Waals surface area contributed by atoms with E-state index < -0.39 is 0 Å². The van der Waals surface area contributed by atoms with Gasteiger partial charge in [0.15, 0.2) is 0 Å². The summed E-state index contributed by atoms with van der Waals surface area (Å²) in [4.78, 5) is 11.5. The molecule has 2 bridgehead atoms. The standard InChI is InChI=1S/C14H16FNO/c15-12-3-1-10(2-4-12)7-14-6-5-11(8-14)13(17)16-9-14/h1-4,11H,5-9H2,(H,16,17). The van der Waals surface area contributed by atoms with Crippen molar-refractivity contribution in [3.8, 4) is 0 Å². The van der Waals surface area contributed by atoms with Crippen molar-refractivity contribution in [1.29, 1.82) is 0 Å². The SMILES string of the molecule is O=C1NCC2(Cc3ccc(F)cc3)CCC1C2. The van der Waals surface area contributed by atoms with Gasteiger partial charge >= 0.3 is 0 Å². The van der Waals surface area contributed by atoms with E-state index in [1.165, 1.54) is 17.7 Å². The maximum atomic E-state index is 12.8. The fraction of sp³-hybridized carbons (Fsp3) is 0.500. The molecule has 0 radical (unpaired) electrons. The van der Waals surface area contributed by atoms with Gasteiger partial charge < -0.3 is 5.32 Å². The van der Waals surface area contributed by atoms with Crippen LogP contribution in [0.2, 0.25) is 0 Å². The molecule has 1 aromatic rings. The molecule has 1 N–H and O–H groups in total. The van der Waals surface area contributed by atoms with Crippen molar-refractivity contribution in [3.63, 3.8) is 0 Å². The number of piperidine rings is 1. The lowest BCUT2D eigenvalue weighted by Crippen LogP contribution is -2.44. The molecule has 2 unspecified atom stereocenters. The Hall–Kier alpha value is -1.38. The normalized spacial score (nSPS) is 31.4. The monoisotopic (exact) mass is 233 g/mol. The second-order valence-electron chi connectivity index (χ2n) is 5.46. The number of hydrogen-bond donors (Lipinski definition) is 1. The minimum Gasteiger partial charge on any atom is -0.355 e. The summed E-state index contributed by atoms with van der Waals surface area (Å²) in [6, 6.07) is 6.74. The van der Waals surface area contributed by atoms with Gasteiger partial charge in [0.25, 0.3) is 0 Å². The third-order valence-electron chi connectivity index (χ3n) is 4.20. The molecule has 2 atom stereocenters. The van der Waals surface area contributed by atoms with Gasteiger partial charge in [-0.1, -0.05) is 12.1 Å². The lowest BCUT2D eigenvalue weighted by atomic mass is 9.77. The molecular weight excluding hydrogens is 217 g/mol. The topological polar surface area (TPSA) is 29.1 Å². The minimum atomic E-state index is -0.188. The Balaban J connectivity index is 1.77. The number of halogens is 1. The van der Waals surface area contributed by atoms with Crippen molar-refractivity contribution in [2.24, 2.45) is 11.3 Å². The van der Waals surface area contributed by atoms with Gasteiger partial charge in [0.2, 0.25) is 5.91 Å². The molecule has 1 amide bonds. The zero-order valence-corrected chi connectivity index (χ0v) is 9.71. The Morgan fingerprint density at radius 3 is 2.88 bits per heavy atom. The van der Waals surface area contributed by atoms with Crippen LogP contribution < -0.4 is 5.32 Å². The van der Waals surface area contributed by atoms with Gasteiger partial charge in [0.1, 0.15) is 5.82 Å². The molecule has 3 heteroatoms. The highest BCUT2D eigenvalue weighted by atomic mass is 19.1. The van der Waals surface area contributed by atoms with Gasteiger partial charge in [-0.3, -0.25) is 4.79 Å². The van der Waals surface area contributed by atoms with Gasteiger partial charge in [0.05, 0.1) is 0 Å². The molecule has 1 saturated heterocycles. The number of carbonyl (C=O) groups is 1. The summed E-state index contributed by atoms with van der Waals surface area (Å²) in [7, 11) is 0. The molecule has 1 aromatic carbocycles. The van der Waals surface area contributed by atoms with E-state index in [9.17, 15) is 9.18 Å². The average molecular weight is 233 g/mol. The van der Waals surface area contributed by atoms with E-state index in [0.29, 0.717) is 0 Å². The molecule has 0 spiro atoms. The molecule has 1 aliphatic carbocycles. The van der Waals surface area contributed by atoms with E-state index in [4.69, 9.17) is 0 Å². The lowest BCUT2D eigenvalue weighted by Gasteiger charge is -2.33. The van der Waals surface area contributed by atoms with E-state index >= 15 is 0 Å². The second kappa shape index (κ2) is 3.83. The van der Waals surface area contributed by atoms with Crippen LogP contribution in [0.5, 0.6) is 0 Å². The zero-order chi connectivity index (χ0) is 11.9. The smallest absolute Gasteiger partial charge is 0.223 e.